The Bertz CT molecular complexity index is 6440. The molecule has 7 aliphatic rings. The van der Waals surface area contributed by atoms with Gasteiger partial charge in [-0.25, -0.2) is 72.1 Å². The molecule has 0 aromatic carbocycles. The second-order valence-corrected chi connectivity index (χ2v) is 45.4. The lowest BCUT2D eigenvalue weighted by atomic mass is 10.1. The van der Waals surface area contributed by atoms with Crippen LogP contribution in [0.3, 0.4) is 0 Å². The maximum absolute atomic E-state index is 15.7. The molecular weight excluding hydrogens is 2120 g/mol. The van der Waals surface area contributed by atoms with Crippen molar-refractivity contribution >= 4 is 130 Å². The van der Waals surface area contributed by atoms with Crippen LogP contribution in [0.4, 0.5) is 29.1 Å². The summed E-state index contributed by atoms with van der Waals surface area (Å²) in [6.07, 6.45) is -26.5. The molecule has 0 spiro atoms. The lowest BCUT2D eigenvalue weighted by Crippen LogP contribution is -2.41. The van der Waals surface area contributed by atoms with Crippen molar-refractivity contribution < 1.29 is 159 Å². The van der Waals surface area contributed by atoms with Crippen LogP contribution in [0.2, 0.25) is 0 Å². The fourth-order valence-electron chi connectivity index (χ4n) is 17.1. The molecule has 70 heteroatoms. The molecule has 8 aromatic heterocycles. The normalized spacial score (nSPS) is 29.8. The number of nitrogens with one attached hydrogen (secondary N) is 2. The van der Waals surface area contributed by atoms with E-state index in [1.165, 1.54) is 89.9 Å². The van der Waals surface area contributed by atoms with Crippen LogP contribution >= 0.6 is 72.8 Å². The predicted molar refractivity (Wildman–Crippen MR) is 515 cm³/mol. The smallest absolute Gasteiger partial charge is 0.387 e. The number of nitrogens with two attached hydrogens (primary N) is 6. The molecule has 6 saturated heterocycles. The van der Waals surface area contributed by atoms with Crippen LogP contribution < -0.4 is 62.3 Å². The number of guanidine groups is 1. The van der Waals surface area contributed by atoms with E-state index in [-0.39, 0.29) is 135 Å². The van der Waals surface area contributed by atoms with E-state index in [1.54, 1.807) is 11.5 Å². The van der Waals surface area contributed by atoms with Crippen molar-refractivity contribution in [1.29, 1.82) is 0 Å². The number of fused-ring (bicyclic) bond motifs is 3. The lowest BCUT2D eigenvalue weighted by Gasteiger charge is -2.29. The molecule has 8 aromatic rings. The number of anilines is 4. The molecule has 0 saturated carbocycles. The highest BCUT2D eigenvalue weighted by atomic mass is 32.7. The predicted octanol–water partition coefficient (Wildman–Crippen LogP) is 0.805. The van der Waals surface area contributed by atoms with Gasteiger partial charge in [0.15, 0.2) is 65.8 Å². The molecule has 147 heavy (non-hydrogen) atoms. The summed E-state index contributed by atoms with van der Waals surface area (Å²) in [5.74, 6) is -0.140. The number of nitrogen functional groups attached to an aromatic ring is 4. The van der Waals surface area contributed by atoms with Gasteiger partial charge < -0.3 is 130 Å². The molecule has 0 aliphatic carbocycles. The summed E-state index contributed by atoms with van der Waals surface area (Å²) >= 11 is 13.3. The number of aromatic nitrogens is 16. The number of aliphatic imine (C=N–C) groups is 1. The highest BCUT2D eigenvalue weighted by Crippen LogP contribution is 2.62. The Labute approximate surface area is 849 Å². The Morgan fingerprint density at radius 1 is 0.435 bits per heavy atom. The zero-order chi connectivity index (χ0) is 105. The second-order valence-electron chi connectivity index (χ2n) is 34.0. The highest BCUT2D eigenvalue weighted by Gasteiger charge is 2.59. The lowest BCUT2D eigenvalue weighted by molar-refractivity contribution is -0.0838. The molecule has 0 radical (unpaired) electrons. The van der Waals surface area contributed by atoms with Gasteiger partial charge in [-0.1, -0.05) is 50.1 Å². The van der Waals surface area contributed by atoms with Gasteiger partial charge >= 0.3 is 53.1 Å². The van der Waals surface area contributed by atoms with Gasteiger partial charge in [0.25, 0.3) is 5.56 Å². The third-order valence-corrected chi connectivity index (χ3v) is 30.9. The second kappa shape index (κ2) is 49.1. The molecule has 0 amide bonds. The van der Waals surface area contributed by atoms with E-state index in [2.05, 4.69) is 96.9 Å². The number of aliphatic hydroxyl groups is 1. The molecular formula is C77H115N24O38P5S3. The molecule has 62 nitrogen and oxygen atoms in total. The average molecular weight is 2240 g/mol. The van der Waals surface area contributed by atoms with E-state index in [9.17, 15) is 38.6 Å². The van der Waals surface area contributed by atoms with Crippen LogP contribution in [0, 0.1) is 20.8 Å². The number of aliphatic hydroxyl groups excluding tert-OH is 1. The third kappa shape index (κ3) is 26.7. The fraction of sp³-hybridized carbons (Fsp3) is 0.662. The standard InChI is InChI=1S/C77H115N24O38P5S3/c1-10-11-39-40(22-46(129-39)99-33-88-49-64(82)91-74(83)94-67(49)99)135-142(111,145)127-29-44-52(56(120-18-13-115-6)70(132-44)97-24-37(3)61(79)93-76(97)105)137-140(107,108)124-27-42-51(57(121-19-14-116-7)72(133-42)100-34-89-47-62(80)84-31-86-65(47)100)136-141(109,110)125-28-43-53(58(122-20-15-117-8)71(131-43)98-25-38(4)68(103)95-77(98)106)138-144(113,147)128-30-45-54(59(123-21-16-118-9)73(134-45)101-35-90-48-63(81)85-32-87-66(48)101)139-143(112,146)126-26-41-50(102)55(119-17-12-114-5)69(130-41)96-23-36(2)60(78)92-75(96)104/h23-25,31-35,39-46,50-59,64,69-73,102H,10-22,26-30,82H2,1-9H3,(H,107,108)(H,109,110)(H,111,145)(H,112,146)(H,113,147)(H2,78,92,104)(H2,79,93,105)(H2,80,84,86)(H2,81,85,87)(H3,83,91,94)(H,95,103,106)/t39-,40?,41-,42-,43-,44-,45-,46-,50?,51?,52?,53?,54?,55+,56+,57+,58+,59+,64?,69-,70-,71-,72-,73-,142?,143?,144?/m1/s1. The van der Waals surface area contributed by atoms with Crippen LogP contribution in [-0.2, 0) is 144 Å². The fourth-order valence-corrected chi connectivity index (χ4v) is 23.5. The van der Waals surface area contributed by atoms with Crippen LogP contribution in [0.25, 0.3) is 22.3 Å². The number of rotatable bonds is 53. The number of imidazole rings is 3. The summed E-state index contributed by atoms with van der Waals surface area (Å²) < 4.78 is 241. The van der Waals surface area contributed by atoms with Crippen LogP contribution in [0.5, 0.6) is 0 Å². The van der Waals surface area contributed by atoms with Crippen molar-refractivity contribution in [2.45, 2.75) is 194 Å². The van der Waals surface area contributed by atoms with Crippen molar-refractivity contribution in [2.75, 3.05) is 158 Å². The van der Waals surface area contributed by atoms with Crippen LogP contribution in [0.1, 0.15) is 92.1 Å². The highest BCUT2D eigenvalue weighted by molar-refractivity contribution is 8.45. The van der Waals surface area contributed by atoms with Crippen LogP contribution in [-0.4, -0.2) is 337 Å². The first-order chi connectivity index (χ1) is 70.1. The molecule has 7 aliphatic heterocycles. The molecule has 17 N–H and O–H groups in total. The number of phosphoric ester groups is 2. The molecule has 6 fully saturated rings. The Hall–Kier alpha value is -7.78. The van der Waals surface area contributed by atoms with E-state index >= 15 is 18.3 Å². The van der Waals surface area contributed by atoms with Gasteiger partial charge in [0, 0.05) is 77.3 Å². The minimum absolute atomic E-state index is 0.00525. The van der Waals surface area contributed by atoms with Crippen molar-refractivity contribution in [3.05, 3.63) is 114 Å². The zero-order valence-corrected chi connectivity index (χ0v) is 87.2. The molecule has 15 heterocycles. The average Bonchev–Trinajstić information content (AvgIpc) is 1.52. The van der Waals surface area contributed by atoms with E-state index < -0.39 is 239 Å². The largest absolute Gasteiger partial charge is 0.472 e. The maximum atomic E-state index is 15.7. The number of H-pyrrole nitrogens is 1. The Balaban J connectivity index is 0.718. The topological polar surface area (TPSA) is 796 Å². The number of hydrogen-bond donors (Lipinski definition) is 14. The first-order valence-electron chi connectivity index (χ1n) is 45.3. The summed E-state index contributed by atoms with van der Waals surface area (Å²) in [6, 6.07) is 0. The van der Waals surface area contributed by atoms with Gasteiger partial charge in [-0.2, -0.15) is 15.0 Å². The minimum Gasteiger partial charge on any atom is -0.387 e. The number of thiol groups is 3. The molecule has 15 rings (SSSR count). The Morgan fingerprint density at radius 3 is 1.24 bits per heavy atom. The zero-order valence-electron chi connectivity index (χ0n) is 80.0. The summed E-state index contributed by atoms with van der Waals surface area (Å²) in [4.78, 5) is 124. The van der Waals surface area contributed by atoms with Crippen LogP contribution in [0.15, 0.2) is 74.4 Å². The molecule has 0 bridgehead atoms. The monoisotopic (exact) mass is 2230 g/mol. The van der Waals surface area contributed by atoms with Crippen molar-refractivity contribution in [3.8, 4) is 0 Å². The van der Waals surface area contributed by atoms with Gasteiger partial charge in [-0.05, 0) is 27.2 Å². The van der Waals surface area contributed by atoms with Gasteiger partial charge in [-0.3, -0.25) is 82.4 Å². The van der Waals surface area contributed by atoms with E-state index in [4.69, 9.17) is 155 Å². The number of phosphoric acid groups is 2. The number of methoxy groups -OCH3 is 5. The quantitative estimate of drug-likeness (QED) is 0.0142. The number of aryl methyl sites for hydroxylation is 3. The maximum Gasteiger partial charge on any atom is 0.472 e. The summed E-state index contributed by atoms with van der Waals surface area (Å²) in [7, 11) is -4.97. The molecule has 814 valence electrons. The van der Waals surface area contributed by atoms with E-state index in [1.807, 2.05) is 6.92 Å². The summed E-state index contributed by atoms with van der Waals surface area (Å²) in [5, 5.41) is 14.6. The third-order valence-electron chi connectivity index (χ3n) is 24.1. The van der Waals surface area contributed by atoms with Crippen molar-refractivity contribution in [2.24, 2.45) is 16.5 Å². The van der Waals surface area contributed by atoms with Gasteiger partial charge in [-0.15, -0.1) is 0 Å². The van der Waals surface area contributed by atoms with Gasteiger partial charge in [0.05, 0.1) is 130 Å². The Morgan fingerprint density at radius 2 is 0.810 bits per heavy atom. The first kappa shape index (κ1) is 113. The van der Waals surface area contributed by atoms with E-state index in [0.29, 0.717) is 29.9 Å². The number of nitrogens with zero attached hydrogens (tertiary/aromatic N) is 16. The summed E-state index contributed by atoms with van der Waals surface area (Å²) in [6.45, 7) is -15.5. The van der Waals surface area contributed by atoms with E-state index in [0.717, 1.165) is 32.6 Å². The number of hydrogen-bond acceptors (Lipinski definition) is 53. The van der Waals surface area contributed by atoms with Gasteiger partial charge in [0.2, 0.25) is 0 Å². The number of aromatic amines is 1. The van der Waals surface area contributed by atoms with Gasteiger partial charge in [0.1, 0.15) is 145 Å². The minimum atomic E-state index is -5.92. The SMILES string of the molecule is CCC[C@H]1O[C@@H](n2cnc3c2N=C(N)NC3N)CC1OP(=O)(S)OC[C@H]1O[C@@H](n2cc(C)c(N)nc2=O)[C@@H](OCCOC)C1OP(=O)(O)OC[C@H]1O[C@@H](n2cnc3c(N)ncnc32)[C@@H](OCCOC)C1OP(=O)(O)OC[C@H]1O[C@@H](n2cc(C)c(=O)[nH]c2=O)[C@@H](OCCOC)C1OP(=O)(S)OC[C@H]1O[C@@H](n2cnc3c(N)ncnc32)[C@@H](OCCOC)C1OP(=O)(S)OC[C@H]1O[C@@H](n2cc(C)c(N)nc2=O)[C@@H](OCCOC)C1O. The summed E-state index contributed by atoms with van der Waals surface area (Å²) in [5.41, 5.74) is 34.1. The van der Waals surface area contributed by atoms with Crippen molar-refractivity contribution in [3.63, 3.8) is 0 Å². The number of ether oxygens (including phenoxy) is 16. The Kier molecular flexibility index (Phi) is 37.8. The molecule has 12 unspecified atom stereocenters. The van der Waals surface area contributed by atoms with Crippen molar-refractivity contribution in [1.82, 2.24) is 82.6 Å². The first-order valence-corrected chi connectivity index (χ1v) is 56.4. The molecule has 29 atom stereocenters.